The number of nitrogens with two attached hydrogens (primary N) is 1. The fourth-order valence-electron chi connectivity index (χ4n) is 2.44. The number of rotatable bonds is 4. The van der Waals surface area contributed by atoms with Gasteiger partial charge in [-0.3, -0.25) is 4.79 Å². The molecule has 2 rings (SSSR count). The van der Waals surface area contributed by atoms with Crippen molar-refractivity contribution in [3.63, 3.8) is 0 Å². The molecule has 0 aliphatic carbocycles. The largest absolute Gasteiger partial charge is 0.379 e. The molecular formula is C15H22N2O2. The number of nitrogens with zero attached hydrogens (tertiary/aromatic N) is 1. The smallest absolute Gasteiger partial charge is 0.229 e. The second-order valence-electron chi connectivity index (χ2n) is 5.15. The van der Waals surface area contributed by atoms with Crippen molar-refractivity contribution in [2.45, 2.75) is 26.4 Å². The molecular weight excluding hydrogens is 240 g/mol. The van der Waals surface area contributed by atoms with E-state index in [0.717, 1.165) is 5.56 Å². The standard InChI is InChI=1S/C15H22N2O2/c1-3-17(8-12-6-4-5-11(2)7-12)15(18)13-9-19-10-14(13)16/h4-7,13-14H,3,8-10,16H2,1-2H3. The van der Waals surface area contributed by atoms with Gasteiger partial charge in [-0.2, -0.15) is 0 Å². The molecule has 4 heteroatoms. The van der Waals surface area contributed by atoms with Crippen LogP contribution in [0.3, 0.4) is 0 Å². The Morgan fingerprint density at radius 1 is 1.47 bits per heavy atom. The minimum atomic E-state index is -0.190. The van der Waals surface area contributed by atoms with Crippen LogP contribution in [0.15, 0.2) is 24.3 Å². The summed E-state index contributed by atoms with van der Waals surface area (Å²) in [4.78, 5) is 14.3. The van der Waals surface area contributed by atoms with Gasteiger partial charge in [0, 0.05) is 19.1 Å². The van der Waals surface area contributed by atoms with Crippen LogP contribution in [0.1, 0.15) is 18.1 Å². The molecule has 104 valence electrons. The Labute approximate surface area is 114 Å². The highest BCUT2D eigenvalue weighted by Gasteiger charge is 2.33. The van der Waals surface area contributed by atoms with Gasteiger partial charge in [-0.1, -0.05) is 29.8 Å². The van der Waals surface area contributed by atoms with Crippen molar-refractivity contribution < 1.29 is 9.53 Å². The van der Waals surface area contributed by atoms with Gasteiger partial charge in [-0.15, -0.1) is 0 Å². The molecule has 0 bridgehead atoms. The van der Waals surface area contributed by atoms with E-state index in [1.54, 1.807) is 0 Å². The average Bonchev–Trinajstić information content (AvgIpc) is 2.81. The van der Waals surface area contributed by atoms with Crippen LogP contribution in [0.5, 0.6) is 0 Å². The Kier molecular flexibility index (Phi) is 4.56. The molecule has 1 aliphatic heterocycles. The number of carbonyl (C=O) groups is 1. The summed E-state index contributed by atoms with van der Waals surface area (Å²) in [5.74, 6) is -0.0845. The average molecular weight is 262 g/mol. The molecule has 2 N–H and O–H groups in total. The summed E-state index contributed by atoms with van der Waals surface area (Å²) in [6, 6.07) is 8.07. The highest BCUT2D eigenvalue weighted by atomic mass is 16.5. The Morgan fingerprint density at radius 3 is 2.84 bits per heavy atom. The summed E-state index contributed by atoms with van der Waals surface area (Å²) in [6.07, 6.45) is 0. The number of hydrogen-bond acceptors (Lipinski definition) is 3. The van der Waals surface area contributed by atoms with Gasteiger partial charge in [0.2, 0.25) is 5.91 Å². The van der Waals surface area contributed by atoms with E-state index in [-0.39, 0.29) is 17.9 Å². The van der Waals surface area contributed by atoms with E-state index in [4.69, 9.17) is 10.5 Å². The topological polar surface area (TPSA) is 55.6 Å². The fraction of sp³-hybridized carbons (Fsp3) is 0.533. The second kappa shape index (κ2) is 6.17. The van der Waals surface area contributed by atoms with Crippen molar-refractivity contribution in [2.75, 3.05) is 19.8 Å². The van der Waals surface area contributed by atoms with E-state index in [1.165, 1.54) is 5.56 Å². The fourth-order valence-corrected chi connectivity index (χ4v) is 2.44. The van der Waals surface area contributed by atoms with Gasteiger partial charge in [0.05, 0.1) is 19.1 Å². The van der Waals surface area contributed by atoms with E-state index in [1.807, 2.05) is 24.0 Å². The number of hydrogen-bond donors (Lipinski definition) is 1. The number of benzene rings is 1. The monoisotopic (exact) mass is 262 g/mol. The molecule has 2 unspecified atom stereocenters. The molecule has 2 atom stereocenters. The zero-order valence-electron chi connectivity index (χ0n) is 11.6. The van der Waals surface area contributed by atoms with Crippen molar-refractivity contribution in [3.8, 4) is 0 Å². The van der Waals surface area contributed by atoms with Crippen LogP contribution < -0.4 is 5.73 Å². The van der Waals surface area contributed by atoms with Gasteiger partial charge >= 0.3 is 0 Å². The molecule has 1 fully saturated rings. The molecule has 0 spiro atoms. The van der Waals surface area contributed by atoms with Gasteiger partial charge in [0.15, 0.2) is 0 Å². The van der Waals surface area contributed by atoms with Crippen molar-refractivity contribution in [1.29, 1.82) is 0 Å². The number of ether oxygens (including phenoxy) is 1. The Morgan fingerprint density at radius 2 is 2.26 bits per heavy atom. The summed E-state index contributed by atoms with van der Waals surface area (Å²) in [5.41, 5.74) is 8.28. The molecule has 1 saturated heterocycles. The number of amides is 1. The van der Waals surface area contributed by atoms with Gasteiger partial charge in [0.25, 0.3) is 0 Å². The molecule has 1 aliphatic rings. The predicted molar refractivity (Wildman–Crippen MR) is 74.6 cm³/mol. The summed E-state index contributed by atoms with van der Waals surface area (Å²) in [6.45, 7) is 6.32. The second-order valence-corrected chi connectivity index (χ2v) is 5.15. The highest BCUT2D eigenvalue weighted by Crippen LogP contribution is 2.17. The van der Waals surface area contributed by atoms with E-state index in [2.05, 4.69) is 19.1 Å². The van der Waals surface area contributed by atoms with Crippen molar-refractivity contribution in [2.24, 2.45) is 11.7 Å². The Bertz CT molecular complexity index is 448. The van der Waals surface area contributed by atoms with Crippen LogP contribution in [0.2, 0.25) is 0 Å². The molecule has 1 aromatic carbocycles. The zero-order chi connectivity index (χ0) is 13.8. The lowest BCUT2D eigenvalue weighted by molar-refractivity contribution is -0.136. The van der Waals surface area contributed by atoms with E-state index in [0.29, 0.717) is 26.3 Å². The normalized spacial score (nSPS) is 22.5. The zero-order valence-corrected chi connectivity index (χ0v) is 11.6. The van der Waals surface area contributed by atoms with Crippen LogP contribution in [0, 0.1) is 12.8 Å². The van der Waals surface area contributed by atoms with Gasteiger partial charge in [-0.25, -0.2) is 0 Å². The first kappa shape index (κ1) is 14.0. The molecule has 19 heavy (non-hydrogen) atoms. The van der Waals surface area contributed by atoms with Crippen LogP contribution in [-0.4, -0.2) is 36.6 Å². The lowest BCUT2D eigenvalue weighted by atomic mass is 10.0. The molecule has 0 aromatic heterocycles. The van der Waals surface area contributed by atoms with E-state index < -0.39 is 0 Å². The first-order valence-electron chi connectivity index (χ1n) is 6.79. The minimum absolute atomic E-state index is 0.106. The van der Waals surface area contributed by atoms with Crippen LogP contribution in [-0.2, 0) is 16.1 Å². The summed E-state index contributed by atoms with van der Waals surface area (Å²) in [7, 11) is 0. The molecule has 0 saturated carbocycles. The lowest BCUT2D eigenvalue weighted by Gasteiger charge is -2.25. The van der Waals surface area contributed by atoms with Gasteiger partial charge < -0.3 is 15.4 Å². The minimum Gasteiger partial charge on any atom is -0.379 e. The summed E-state index contributed by atoms with van der Waals surface area (Å²) < 4.78 is 5.28. The number of carbonyl (C=O) groups excluding carboxylic acids is 1. The molecule has 4 nitrogen and oxygen atoms in total. The first-order chi connectivity index (χ1) is 9.11. The molecule has 1 heterocycles. The van der Waals surface area contributed by atoms with E-state index in [9.17, 15) is 4.79 Å². The van der Waals surface area contributed by atoms with Crippen LogP contribution in [0.4, 0.5) is 0 Å². The Hall–Kier alpha value is -1.39. The first-order valence-corrected chi connectivity index (χ1v) is 6.79. The molecule has 1 aromatic rings. The van der Waals surface area contributed by atoms with Crippen LogP contribution >= 0.6 is 0 Å². The quantitative estimate of drug-likeness (QED) is 0.890. The number of aryl methyl sites for hydroxylation is 1. The van der Waals surface area contributed by atoms with Gasteiger partial charge in [0.1, 0.15) is 0 Å². The maximum Gasteiger partial charge on any atom is 0.229 e. The maximum absolute atomic E-state index is 12.4. The summed E-state index contributed by atoms with van der Waals surface area (Å²) >= 11 is 0. The van der Waals surface area contributed by atoms with Crippen molar-refractivity contribution in [3.05, 3.63) is 35.4 Å². The van der Waals surface area contributed by atoms with E-state index >= 15 is 0 Å². The Balaban J connectivity index is 2.05. The highest BCUT2D eigenvalue weighted by molar-refractivity contribution is 5.80. The lowest BCUT2D eigenvalue weighted by Crippen LogP contribution is -2.43. The third kappa shape index (κ3) is 3.33. The SMILES string of the molecule is CCN(Cc1cccc(C)c1)C(=O)C1COCC1N. The van der Waals surface area contributed by atoms with Crippen LogP contribution in [0.25, 0.3) is 0 Å². The van der Waals surface area contributed by atoms with Gasteiger partial charge in [-0.05, 0) is 19.4 Å². The third-order valence-corrected chi connectivity index (χ3v) is 3.59. The summed E-state index contributed by atoms with van der Waals surface area (Å²) in [5, 5.41) is 0. The maximum atomic E-state index is 12.4. The van der Waals surface area contributed by atoms with Crippen molar-refractivity contribution >= 4 is 5.91 Å². The van der Waals surface area contributed by atoms with Crippen molar-refractivity contribution in [1.82, 2.24) is 4.90 Å². The third-order valence-electron chi connectivity index (χ3n) is 3.59. The molecule has 0 radical (unpaired) electrons. The predicted octanol–water partition coefficient (Wildman–Crippen LogP) is 1.32. The molecule has 1 amide bonds.